The Balaban J connectivity index is 1.68. The van der Waals surface area contributed by atoms with E-state index in [9.17, 15) is 5.11 Å². The summed E-state index contributed by atoms with van der Waals surface area (Å²) in [6.45, 7) is 4.52. The summed E-state index contributed by atoms with van der Waals surface area (Å²) in [5, 5.41) is 22.9. The van der Waals surface area contributed by atoms with Crippen molar-refractivity contribution in [2.24, 2.45) is 0 Å². The molecule has 0 saturated heterocycles. The zero-order valence-corrected chi connectivity index (χ0v) is 18.5. The lowest BCUT2D eigenvalue weighted by atomic mass is 10.1. The Bertz CT molecular complexity index is 1050. The van der Waals surface area contributed by atoms with Crippen LogP contribution in [-0.4, -0.2) is 32.6 Å². The molecule has 0 spiro atoms. The highest BCUT2D eigenvalue weighted by atomic mass is 32.2. The van der Waals surface area contributed by atoms with Crippen LogP contribution in [0.25, 0.3) is 11.3 Å². The zero-order chi connectivity index (χ0) is 21.6. The van der Waals surface area contributed by atoms with Crippen LogP contribution in [0.3, 0.4) is 0 Å². The van der Waals surface area contributed by atoms with Crippen molar-refractivity contribution >= 4 is 17.4 Å². The van der Waals surface area contributed by atoms with Crippen molar-refractivity contribution in [3.05, 3.63) is 48.0 Å². The molecular formula is C23H26N4O3S. The van der Waals surface area contributed by atoms with Crippen LogP contribution < -0.4 is 14.8 Å². The average molecular weight is 439 g/mol. The molecule has 2 heterocycles. The number of phenols is 1. The van der Waals surface area contributed by atoms with E-state index in [4.69, 9.17) is 9.47 Å². The first-order valence-electron chi connectivity index (χ1n) is 10.6. The number of para-hydroxylation sites is 1. The van der Waals surface area contributed by atoms with E-state index < -0.39 is 6.23 Å². The third kappa shape index (κ3) is 4.85. The second-order valence-corrected chi connectivity index (χ2v) is 8.21. The second kappa shape index (κ2) is 9.87. The van der Waals surface area contributed by atoms with E-state index in [1.165, 1.54) is 12.8 Å². The van der Waals surface area contributed by atoms with Crippen LogP contribution in [-0.2, 0) is 0 Å². The summed E-state index contributed by atoms with van der Waals surface area (Å²) >= 11 is 1.59. The first-order valence-corrected chi connectivity index (χ1v) is 11.5. The molecule has 1 atom stereocenters. The molecule has 0 aliphatic carbocycles. The third-order valence-corrected chi connectivity index (χ3v) is 5.82. The van der Waals surface area contributed by atoms with Gasteiger partial charge in [-0.15, -0.1) is 10.2 Å². The average Bonchev–Trinajstić information content (AvgIpc) is 2.95. The highest BCUT2D eigenvalue weighted by molar-refractivity contribution is 7.99. The lowest BCUT2D eigenvalue weighted by molar-refractivity contribution is 0.224. The molecule has 8 heteroatoms. The quantitative estimate of drug-likeness (QED) is 0.356. The molecule has 0 fully saturated rings. The van der Waals surface area contributed by atoms with Crippen LogP contribution in [0, 0.1) is 0 Å². The number of ether oxygens (including phenoxy) is 2. The van der Waals surface area contributed by atoms with E-state index in [-0.39, 0.29) is 5.75 Å². The molecule has 2 N–H and O–H groups in total. The SMILES string of the molecule is CCCCCSc1nnc2c(n1)OC(c1ccc(O)c(OCC)c1)Nc1ccccc1-2. The smallest absolute Gasteiger partial charge is 0.247 e. The molecule has 7 nitrogen and oxygen atoms in total. The summed E-state index contributed by atoms with van der Waals surface area (Å²) in [4.78, 5) is 4.67. The minimum atomic E-state index is -0.531. The van der Waals surface area contributed by atoms with Gasteiger partial charge < -0.3 is 19.9 Å². The fourth-order valence-corrected chi connectivity index (χ4v) is 4.12. The number of fused-ring (bicyclic) bond motifs is 3. The standard InChI is InChI=1S/C23H26N4O3S/c1-3-5-8-13-31-23-25-22-20(26-27-23)16-9-6-7-10-17(16)24-21(30-22)15-11-12-18(28)19(14-15)29-4-2/h6-7,9-12,14,21,24,28H,3-5,8,13H2,1-2H3. The number of hydrogen-bond donors (Lipinski definition) is 2. The van der Waals surface area contributed by atoms with Crippen molar-refractivity contribution in [1.82, 2.24) is 15.2 Å². The summed E-state index contributed by atoms with van der Waals surface area (Å²) in [6.07, 6.45) is 2.94. The Hall–Kier alpha value is -3.00. The number of aromatic nitrogens is 3. The molecule has 0 saturated carbocycles. The first kappa shape index (κ1) is 21.2. The third-order valence-electron chi connectivity index (χ3n) is 4.90. The van der Waals surface area contributed by atoms with Crippen molar-refractivity contribution in [3.8, 4) is 28.6 Å². The minimum Gasteiger partial charge on any atom is -0.504 e. The molecule has 3 aromatic rings. The lowest BCUT2D eigenvalue weighted by Crippen LogP contribution is -2.17. The summed E-state index contributed by atoms with van der Waals surface area (Å²) in [5.74, 6) is 1.88. The number of nitrogens with zero attached hydrogens (tertiary/aromatic N) is 3. The molecule has 4 rings (SSSR count). The van der Waals surface area contributed by atoms with Gasteiger partial charge in [0.15, 0.2) is 23.4 Å². The number of hydrogen-bond acceptors (Lipinski definition) is 8. The number of anilines is 1. The van der Waals surface area contributed by atoms with Gasteiger partial charge in [-0.2, -0.15) is 4.98 Å². The Labute approximate surface area is 186 Å². The topological polar surface area (TPSA) is 89.4 Å². The number of unbranched alkanes of at least 4 members (excludes halogenated alkanes) is 2. The van der Waals surface area contributed by atoms with Crippen molar-refractivity contribution < 1.29 is 14.6 Å². The van der Waals surface area contributed by atoms with Crippen molar-refractivity contribution in [2.45, 2.75) is 44.5 Å². The molecule has 162 valence electrons. The Morgan fingerprint density at radius 2 is 2.00 bits per heavy atom. The highest BCUT2D eigenvalue weighted by Crippen LogP contribution is 2.40. The lowest BCUT2D eigenvalue weighted by Gasteiger charge is -2.20. The van der Waals surface area contributed by atoms with Gasteiger partial charge >= 0.3 is 0 Å². The van der Waals surface area contributed by atoms with E-state index in [1.54, 1.807) is 30.0 Å². The highest BCUT2D eigenvalue weighted by Gasteiger charge is 2.26. The largest absolute Gasteiger partial charge is 0.504 e. The fourth-order valence-electron chi connectivity index (χ4n) is 3.34. The predicted molar refractivity (Wildman–Crippen MR) is 122 cm³/mol. The van der Waals surface area contributed by atoms with Crippen LogP contribution in [0.4, 0.5) is 5.69 Å². The number of benzene rings is 2. The van der Waals surface area contributed by atoms with E-state index in [0.29, 0.717) is 29.1 Å². The summed E-state index contributed by atoms with van der Waals surface area (Å²) in [5.41, 5.74) is 3.16. The van der Waals surface area contributed by atoms with E-state index in [2.05, 4.69) is 27.4 Å². The fraction of sp³-hybridized carbons (Fsp3) is 0.348. The van der Waals surface area contributed by atoms with Gasteiger partial charge in [0.1, 0.15) is 0 Å². The molecule has 0 bridgehead atoms. The maximum Gasteiger partial charge on any atom is 0.247 e. The number of rotatable bonds is 8. The van der Waals surface area contributed by atoms with Crippen molar-refractivity contribution in [2.75, 3.05) is 17.7 Å². The molecular weight excluding hydrogens is 412 g/mol. The number of aromatic hydroxyl groups is 1. The maximum absolute atomic E-state index is 10.1. The zero-order valence-electron chi connectivity index (χ0n) is 17.7. The summed E-state index contributed by atoms with van der Waals surface area (Å²) < 4.78 is 11.8. The molecule has 0 radical (unpaired) electrons. The van der Waals surface area contributed by atoms with Gasteiger partial charge in [0.05, 0.1) is 6.61 Å². The van der Waals surface area contributed by atoms with E-state index in [0.717, 1.165) is 29.0 Å². The van der Waals surface area contributed by atoms with Crippen LogP contribution in [0.15, 0.2) is 47.6 Å². The molecule has 1 aliphatic rings. The predicted octanol–water partition coefficient (Wildman–Crippen LogP) is 5.43. The molecule has 0 amide bonds. The van der Waals surface area contributed by atoms with Gasteiger partial charge in [-0.25, -0.2) is 0 Å². The number of nitrogens with one attached hydrogen (secondary N) is 1. The normalized spacial score (nSPS) is 14.6. The number of phenolic OH excluding ortho intramolecular Hbond substituents is 1. The first-order chi connectivity index (χ1) is 15.2. The molecule has 1 aromatic heterocycles. The van der Waals surface area contributed by atoms with Crippen LogP contribution >= 0.6 is 11.8 Å². The van der Waals surface area contributed by atoms with Gasteiger partial charge in [-0.3, -0.25) is 0 Å². The second-order valence-electron chi connectivity index (χ2n) is 7.15. The summed E-state index contributed by atoms with van der Waals surface area (Å²) in [7, 11) is 0. The van der Waals surface area contributed by atoms with Crippen LogP contribution in [0.2, 0.25) is 0 Å². The van der Waals surface area contributed by atoms with Gasteiger partial charge in [-0.05, 0) is 37.6 Å². The summed E-state index contributed by atoms with van der Waals surface area (Å²) in [6, 6.07) is 13.0. The van der Waals surface area contributed by atoms with E-state index in [1.807, 2.05) is 31.2 Å². The van der Waals surface area contributed by atoms with Crippen LogP contribution in [0.5, 0.6) is 17.4 Å². The maximum atomic E-state index is 10.1. The Kier molecular flexibility index (Phi) is 6.76. The molecule has 1 unspecified atom stereocenters. The van der Waals surface area contributed by atoms with Gasteiger partial charge in [0, 0.05) is 22.6 Å². The van der Waals surface area contributed by atoms with Crippen LogP contribution in [0.1, 0.15) is 44.9 Å². The molecule has 2 aromatic carbocycles. The van der Waals surface area contributed by atoms with Gasteiger partial charge in [-0.1, -0.05) is 49.7 Å². The van der Waals surface area contributed by atoms with Crippen molar-refractivity contribution in [1.29, 1.82) is 0 Å². The van der Waals surface area contributed by atoms with Gasteiger partial charge in [0.25, 0.3) is 0 Å². The Morgan fingerprint density at radius 1 is 1.13 bits per heavy atom. The molecule has 31 heavy (non-hydrogen) atoms. The monoisotopic (exact) mass is 438 g/mol. The van der Waals surface area contributed by atoms with E-state index >= 15 is 0 Å². The van der Waals surface area contributed by atoms with Crippen molar-refractivity contribution in [3.63, 3.8) is 0 Å². The minimum absolute atomic E-state index is 0.0924. The molecule has 1 aliphatic heterocycles. The van der Waals surface area contributed by atoms with Gasteiger partial charge in [0.2, 0.25) is 11.0 Å². The number of thioether (sulfide) groups is 1. The Morgan fingerprint density at radius 3 is 2.84 bits per heavy atom.